The second-order valence-corrected chi connectivity index (χ2v) is 6.84. The van der Waals surface area contributed by atoms with Gasteiger partial charge in [0, 0.05) is 25.7 Å². The number of halogens is 1. The van der Waals surface area contributed by atoms with Crippen LogP contribution in [0.5, 0.6) is 0 Å². The number of rotatable bonds is 2. The van der Waals surface area contributed by atoms with Gasteiger partial charge in [0.15, 0.2) is 5.82 Å². The van der Waals surface area contributed by atoms with Crippen LogP contribution in [0, 0.1) is 11.3 Å². The van der Waals surface area contributed by atoms with Crippen molar-refractivity contribution in [2.24, 2.45) is 0 Å². The van der Waals surface area contributed by atoms with E-state index in [0.717, 1.165) is 49.8 Å². The molecule has 0 aliphatic carbocycles. The molecule has 0 amide bonds. The summed E-state index contributed by atoms with van der Waals surface area (Å²) in [6, 6.07) is 3.92. The number of nitrogens with zero attached hydrogens (tertiary/aromatic N) is 6. The van der Waals surface area contributed by atoms with E-state index in [1.165, 1.54) is 19.3 Å². The Balaban J connectivity index is 1.69. The third-order valence-electron chi connectivity index (χ3n) is 4.91. The number of hydrogen-bond donors (Lipinski definition) is 0. The molecule has 2 aromatic heterocycles. The summed E-state index contributed by atoms with van der Waals surface area (Å²) >= 11 is 6.39. The van der Waals surface area contributed by atoms with Gasteiger partial charge in [0.25, 0.3) is 0 Å². The quantitative estimate of drug-likeness (QED) is 0.837. The Hall–Kier alpha value is -2.13. The minimum atomic E-state index is 0.155. The van der Waals surface area contributed by atoms with Crippen LogP contribution < -0.4 is 4.90 Å². The van der Waals surface area contributed by atoms with Gasteiger partial charge in [0.1, 0.15) is 17.7 Å². The van der Waals surface area contributed by atoms with E-state index in [0.29, 0.717) is 10.6 Å². The zero-order chi connectivity index (χ0) is 16.5. The molecule has 4 heterocycles. The van der Waals surface area contributed by atoms with Crippen molar-refractivity contribution < 1.29 is 0 Å². The van der Waals surface area contributed by atoms with Crippen molar-refractivity contribution >= 4 is 17.4 Å². The first-order valence-corrected chi connectivity index (χ1v) is 8.90. The highest BCUT2D eigenvalue weighted by Gasteiger charge is 2.33. The molecule has 0 spiro atoms. The van der Waals surface area contributed by atoms with Crippen LogP contribution in [0.4, 0.5) is 5.82 Å². The summed E-state index contributed by atoms with van der Waals surface area (Å²) in [5.74, 6) is 2.88. The van der Waals surface area contributed by atoms with E-state index in [1.807, 2.05) is 0 Å². The lowest BCUT2D eigenvalue weighted by Crippen LogP contribution is -2.26. The Morgan fingerprint density at radius 3 is 2.92 bits per heavy atom. The van der Waals surface area contributed by atoms with Gasteiger partial charge in [-0.2, -0.15) is 5.26 Å². The molecule has 6 nitrogen and oxygen atoms in total. The number of nitriles is 1. The van der Waals surface area contributed by atoms with Gasteiger partial charge in [-0.25, -0.2) is 4.98 Å². The van der Waals surface area contributed by atoms with Crippen LogP contribution in [-0.4, -0.2) is 26.3 Å². The molecule has 1 saturated heterocycles. The zero-order valence-electron chi connectivity index (χ0n) is 13.5. The lowest BCUT2D eigenvalue weighted by atomic mass is 10.2. The molecule has 1 unspecified atom stereocenters. The van der Waals surface area contributed by atoms with Crippen molar-refractivity contribution in [1.82, 2.24) is 19.7 Å². The molecular weight excluding hydrogens is 324 g/mol. The number of fused-ring (bicyclic) bond motifs is 1. The van der Waals surface area contributed by atoms with Gasteiger partial charge in [-0.3, -0.25) is 0 Å². The summed E-state index contributed by atoms with van der Waals surface area (Å²) in [7, 11) is 0. The van der Waals surface area contributed by atoms with Crippen molar-refractivity contribution in [3.63, 3.8) is 0 Å². The Bertz CT molecular complexity index is 793. The lowest BCUT2D eigenvalue weighted by molar-refractivity contribution is 0.558. The number of aromatic nitrogens is 4. The maximum absolute atomic E-state index is 9.00. The van der Waals surface area contributed by atoms with Crippen LogP contribution in [-0.2, 0) is 13.0 Å². The molecule has 2 aliphatic heterocycles. The summed E-state index contributed by atoms with van der Waals surface area (Å²) < 4.78 is 2.30. The van der Waals surface area contributed by atoms with E-state index in [-0.39, 0.29) is 6.04 Å². The van der Waals surface area contributed by atoms with Gasteiger partial charge in [-0.1, -0.05) is 18.0 Å². The standard InChI is InChI=1S/C17H19ClN6/c18-13-9-12(10-19)11-20-16(13)23-8-4-5-14(23)17-22-21-15-6-2-1-3-7-24(15)17/h9,11,14H,1-8H2. The fourth-order valence-corrected chi connectivity index (χ4v) is 4.02. The molecule has 0 saturated carbocycles. The molecule has 0 aromatic carbocycles. The molecule has 0 bridgehead atoms. The Morgan fingerprint density at radius 1 is 1.17 bits per heavy atom. The fourth-order valence-electron chi connectivity index (χ4n) is 3.75. The first kappa shape index (κ1) is 15.4. The summed E-state index contributed by atoms with van der Waals surface area (Å²) in [5.41, 5.74) is 0.482. The first-order chi connectivity index (χ1) is 11.8. The molecule has 0 N–H and O–H groups in total. The first-order valence-electron chi connectivity index (χ1n) is 8.52. The Morgan fingerprint density at radius 2 is 2.08 bits per heavy atom. The van der Waals surface area contributed by atoms with Crippen molar-refractivity contribution in [2.75, 3.05) is 11.4 Å². The summed E-state index contributed by atoms with van der Waals surface area (Å²) in [6.07, 6.45) is 8.31. The molecule has 4 rings (SSSR count). The number of aryl methyl sites for hydroxylation is 1. The van der Waals surface area contributed by atoms with E-state index in [4.69, 9.17) is 16.9 Å². The largest absolute Gasteiger partial charge is 0.345 e. The monoisotopic (exact) mass is 342 g/mol. The second kappa shape index (κ2) is 6.40. The van der Waals surface area contributed by atoms with Crippen LogP contribution in [0.1, 0.15) is 55.4 Å². The third kappa shape index (κ3) is 2.63. The second-order valence-electron chi connectivity index (χ2n) is 6.43. The smallest absolute Gasteiger partial charge is 0.155 e. The maximum atomic E-state index is 9.00. The average molecular weight is 343 g/mol. The van der Waals surface area contributed by atoms with E-state index in [1.54, 1.807) is 12.3 Å². The van der Waals surface area contributed by atoms with Gasteiger partial charge in [-0.05, 0) is 31.7 Å². The normalized spacial score (nSPS) is 20.5. The predicted molar refractivity (Wildman–Crippen MR) is 90.9 cm³/mol. The Labute approximate surface area is 146 Å². The van der Waals surface area contributed by atoms with Crippen LogP contribution in [0.15, 0.2) is 12.3 Å². The summed E-state index contributed by atoms with van der Waals surface area (Å²) in [5, 5.41) is 18.5. The van der Waals surface area contributed by atoms with Crippen LogP contribution in [0.3, 0.4) is 0 Å². The highest BCUT2D eigenvalue weighted by Crippen LogP contribution is 2.38. The van der Waals surface area contributed by atoms with Gasteiger partial charge in [0.2, 0.25) is 0 Å². The molecule has 1 fully saturated rings. The van der Waals surface area contributed by atoms with Gasteiger partial charge < -0.3 is 9.47 Å². The van der Waals surface area contributed by atoms with Crippen molar-refractivity contribution in [3.8, 4) is 6.07 Å². The van der Waals surface area contributed by atoms with Gasteiger partial charge >= 0.3 is 0 Å². The highest BCUT2D eigenvalue weighted by molar-refractivity contribution is 6.33. The Kier molecular flexibility index (Phi) is 4.11. The van der Waals surface area contributed by atoms with E-state index < -0.39 is 0 Å². The maximum Gasteiger partial charge on any atom is 0.155 e. The summed E-state index contributed by atoms with van der Waals surface area (Å²) in [4.78, 5) is 6.65. The highest BCUT2D eigenvalue weighted by atomic mass is 35.5. The van der Waals surface area contributed by atoms with Crippen molar-refractivity contribution in [2.45, 2.75) is 51.1 Å². The lowest BCUT2D eigenvalue weighted by Gasteiger charge is -2.26. The molecule has 7 heteroatoms. The van der Waals surface area contributed by atoms with E-state index in [2.05, 4.69) is 30.7 Å². The molecule has 2 aliphatic rings. The molecule has 2 aromatic rings. The number of hydrogen-bond acceptors (Lipinski definition) is 5. The fraction of sp³-hybridized carbons (Fsp3) is 0.529. The number of anilines is 1. The van der Waals surface area contributed by atoms with Crippen molar-refractivity contribution in [3.05, 3.63) is 34.5 Å². The topological polar surface area (TPSA) is 70.6 Å². The zero-order valence-corrected chi connectivity index (χ0v) is 14.2. The molecule has 124 valence electrons. The third-order valence-corrected chi connectivity index (χ3v) is 5.19. The molecule has 24 heavy (non-hydrogen) atoms. The predicted octanol–water partition coefficient (Wildman–Crippen LogP) is 3.27. The van der Waals surface area contributed by atoms with E-state index in [9.17, 15) is 0 Å². The van der Waals surface area contributed by atoms with Crippen molar-refractivity contribution in [1.29, 1.82) is 5.26 Å². The summed E-state index contributed by atoms with van der Waals surface area (Å²) in [6.45, 7) is 1.89. The molecule has 1 atom stereocenters. The number of pyridine rings is 1. The van der Waals surface area contributed by atoms with Crippen LogP contribution >= 0.6 is 11.6 Å². The minimum Gasteiger partial charge on any atom is -0.345 e. The average Bonchev–Trinajstić information content (AvgIpc) is 3.15. The van der Waals surface area contributed by atoms with Gasteiger partial charge in [0.05, 0.1) is 16.6 Å². The van der Waals surface area contributed by atoms with Gasteiger partial charge in [-0.15, -0.1) is 10.2 Å². The SMILES string of the molecule is N#Cc1cnc(N2CCCC2c2nnc3n2CCCCC3)c(Cl)c1. The van der Waals surface area contributed by atoms with E-state index >= 15 is 0 Å². The molecule has 0 radical (unpaired) electrons. The molecular formula is C17H19ClN6. The minimum absolute atomic E-state index is 0.155. The van der Waals surface area contributed by atoms with Crippen LogP contribution in [0.2, 0.25) is 5.02 Å². The van der Waals surface area contributed by atoms with Crippen LogP contribution in [0.25, 0.3) is 0 Å².